The van der Waals surface area contributed by atoms with Gasteiger partial charge in [-0.15, -0.1) is 0 Å². The van der Waals surface area contributed by atoms with Crippen LogP contribution in [0.25, 0.3) is 0 Å². The second-order valence-electron chi connectivity index (χ2n) is 5.76. The van der Waals surface area contributed by atoms with Crippen molar-refractivity contribution in [1.82, 2.24) is 4.90 Å². The van der Waals surface area contributed by atoms with E-state index < -0.39 is 11.4 Å². The fourth-order valence-corrected chi connectivity index (χ4v) is 3.15. The molecule has 1 aliphatic carbocycles. The lowest BCUT2D eigenvalue weighted by Gasteiger charge is -2.35. The van der Waals surface area contributed by atoms with Crippen LogP contribution in [0.2, 0.25) is 0 Å². The van der Waals surface area contributed by atoms with Gasteiger partial charge < -0.3 is 9.84 Å². The summed E-state index contributed by atoms with van der Waals surface area (Å²) in [5.41, 5.74) is -0.542. The number of ether oxygens (including phenoxy) is 1. The maximum Gasteiger partial charge on any atom is 0.310 e. The number of rotatable bonds is 3. The Hall–Kier alpha value is -0.610. The molecule has 3 atom stereocenters. The zero-order valence-corrected chi connectivity index (χ0v) is 10.8. The first-order chi connectivity index (χ1) is 8.05. The first-order valence-electron chi connectivity index (χ1n) is 6.55. The number of likely N-dealkylation sites (tertiary alicyclic amines) is 1. The molecule has 17 heavy (non-hydrogen) atoms. The lowest BCUT2D eigenvalue weighted by molar-refractivity contribution is -0.147. The zero-order valence-electron chi connectivity index (χ0n) is 10.8. The van der Waals surface area contributed by atoms with Crippen molar-refractivity contribution in [3.8, 4) is 0 Å². The number of methoxy groups -OCH3 is 1. The number of carboxylic acid groups (broad SMARTS) is 1. The van der Waals surface area contributed by atoms with Crippen molar-refractivity contribution >= 4 is 5.97 Å². The molecule has 0 spiro atoms. The van der Waals surface area contributed by atoms with Crippen LogP contribution in [0.15, 0.2) is 0 Å². The predicted molar refractivity (Wildman–Crippen MR) is 65.0 cm³/mol. The Morgan fingerprint density at radius 1 is 1.47 bits per heavy atom. The number of aliphatic carboxylic acids is 1. The van der Waals surface area contributed by atoms with Crippen molar-refractivity contribution in [2.45, 2.75) is 51.2 Å². The monoisotopic (exact) mass is 241 g/mol. The van der Waals surface area contributed by atoms with Gasteiger partial charge in [0.1, 0.15) is 0 Å². The third kappa shape index (κ3) is 2.63. The van der Waals surface area contributed by atoms with Gasteiger partial charge in [-0.05, 0) is 45.6 Å². The van der Waals surface area contributed by atoms with Crippen LogP contribution in [-0.2, 0) is 9.53 Å². The van der Waals surface area contributed by atoms with Crippen molar-refractivity contribution in [1.29, 1.82) is 0 Å². The molecule has 0 aromatic heterocycles. The quantitative estimate of drug-likeness (QED) is 0.817. The number of nitrogens with zero attached hydrogens (tertiary/aromatic N) is 1. The molecule has 3 unspecified atom stereocenters. The second kappa shape index (κ2) is 4.94. The molecule has 1 aliphatic heterocycles. The van der Waals surface area contributed by atoms with Crippen molar-refractivity contribution < 1.29 is 14.6 Å². The lowest BCUT2D eigenvalue weighted by atomic mass is 9.89. The Morgan fingerprint density at radius 3 is 2.82 bits per heavy atom. The molecule has 98 valence electrons. The Morgan fingerprint density at radius 2 is 2.24 bits per heavy atom. The average Bonchev–Trinajstić information content (AvgIpc) is 2.74. The lowest BCUT2D eigenvalue weighted by Crippen LogP contribution is -2.41. The highest BCUT2D eigenvalue weighted by Gasteiger charge is 2.43. The van der Waals surface area contributed by atoms with Crippen molar-refractivity contribution in [3.05, 3.63) is 0 Å². The Balaban J connectivity index is 1.94. The summed E-state index contributed by atoms with van der Waals surface area (Å²) >= 11 is 0. The van der Waals surface area contributed by atoms with E-state index in [4.69, 9.17) is 4.74 Å². The van der Waals surface area contributed by atoms with Gasteiger partial charge in [-0.2, -0.15) is 0 Å². The molecule has 0 aromatic carbocycles. The van der Waals surface area contributed by atoms with E-state index in [-0.39, 0.29) is 0 Å². The van der Waals surface area contributed by atoms with Gasteiger partial charge in [0.05, 0.1) is 11.5 Å². The van der Waals surface area contributed by atoms with Gasteiger partial charge >= 0.3 is 5.97 Å². The Labute approximate surface area is 103 Å². The van der Waals surface area contributed by atoms with Crippen LogP contribution in [-0.4, -0.2) is 48.3 Å². The number of carboxylic acids is 1. The summed E-state index contributed by atoms with van der Waals surface area (Å²) in [6, 6.07) is 0.523. The largest absolute Gasteiger partial charge is 0.481 e. The number of hydrogen-bond donors (Lipinski definition) is 1. The van der Waals surface area contributed by atoms with E-state index in [0.717, 1.165) is 25.8 Å². The van der Waals surface area contributed by atoms with Crippen LogP contribution in [0.4, 0.5) is 0 Å². The third-order valence-corrected chi connectivity index (χ3v) is 4.47. The minimum Gasteiger partial charge on any atom is -0.481 e. The molecule has 0 aromatic rings. The van der Waals surface area contributed by atoms with E-state index in [1.54, 1.807) is 7.11 Å². The molecule has 1 N–H and O–H groups in total. The van der Waals surface area contributed by atoms with E-state index in [1.165, 1.54) is 12.8 Å². The first kappa shape index (κ1) is 12.8. The average molecular weight is 241 g/mol. The molecule has 2 aliphatic rings. The smallest absolute Gasteiger partial charge is 0.310 e. The number of carbonyl (C=O) groups is 1. The first-order valence-corrected chi connectivity index (χ1v) is 6.55. The highest BCUT2D eigenvalue weighted by atomic mass is 16.5. The topological polar surface area (TPSA) is 49.8 Å². The van der Waals surface area contributed by atoms with Crippen LogP contribution in [0.3, 0.4) is 0 Å². The highest BCUT2D eigenvalue weighted by Crippen LogP contribution is 2.35. The summed E-state index contributed by atoms with van der Waals surface area (Å²) in [7, 11) is 1.78. The third-order valence-electron chi connectivity index (χ3n) is 4.47. The van der Waals surface area contributed by atoms with E-state index in [0.29, 0.717) is 18.7 Å². The molecular weight excluding hydrogens is 218 g/mol. The van der Waals surface area contributed by atoms with Crippen molar-refractivity contribution in [2.75, 3.05) is 20.2 Å². The predicted octanol–water partition coefficient (Wildman–Crippen LogP) is 1.74. The van der Waals surface area contributed by atoms with Crippen molar-refractivity contribution in [2.24, 2.45) is 5.41 Å². The maximum atomic E-state index is 11.2. The van der Waals surface area contributed by atoms with Gasteiger partial charge in [0.25, 0.3) is 0 Å². The molecular formula is C13H23NO3. The molecule has 2 fully saturated rings. The van der Waals surface area contributed by atoms with Crippen LogP contribution < -0.4 is 0 Å². The summed E-state index contributed by atoms with van der Waals surface area (Å²) in [5, 5.41) is 9.24. The normalized spacial score (nSPS) is 39.4. The highest BCUT2D eigenvalue weighted by molar-refractivity contribution is 5.74. The molecule has 0 bridgehead atoms. The van der Waals surface area contributed by atoms with Gasteiger partial charge in [-0.1, -0.05) is 0 Å². The van der Waals surface area contributed by atoms with Crippen LogP contribution >= 0.6 is 0 Å². The minimum atomic E-state index is -0.654. The van der Waals surface area contributed by atoms with E-state index in [2.05, 4.69) is 4.90 Å². The molecule has 1 saturated heterocycles. The molecule has 0 radical (unpaired) electrons. The van der Waals surface area contributed by atoms with Crippen LogP contribution in [0.5, 0.6) is 0 Å². The molecule has 0 amide bonds. The molecule has 4 heteroatoms. The summed E-state index contributed by atoms with van der Waals surface area (Å²) in [6.07, 6.45) is 5.74. The van der Waals surface area contributed by atoms with Gasteiger partial charge in [0.15, 0.2) is 0 Å². The van der Waals surface area contributed by atoms with E-state index in [1.807, 2.05) is 6.92 Å². The van der Waals surface area contributed by atoms with E-state index in [9.17, 15) is 9.90 Å². The number of hydrogen-bond acceptors (Lipinski definition) is 3. The van der Waals surface area contributed by atoms with Gasteiger partial charge in [0.2, 0.25) is 0 Å². The zero-order chi connectivity index (χ0) is 12.5. The van der Waals surface area contributed by atoms with Gasteiger partial charge in [-0.25, -0.2) is 0 Å². The molecule has 2 rings (SSSR count). The summed E-state index contributed by atoms with van der Waals surface area (Å²) in [6.45, 7) is 3.49. The van der Waals surface area contributed by atoms with Crippen LogP contribution in [0.1, 0.15) is 39.0 Å². The fourth-order valence-electron chi connectivity index (χ4n) is 3.15. The van der Waals surface area contributed by atoms with Gasteiger partial charge in [0, 0.05) is 19.7 Å². The van der Waals surface area contributed by atoms with Crippen molar-refractivity contribution in [3.63, 3.8) is 0 Å². The minimum absolute atomic E-state index is 0.366. The molecule has 1 saturated carbocycles. The fraction of sp³-hybridized carbons (Fsp3) is 0.923. The SMILES string of the molecule is COC1CCCC(N2CCC(C)(C(=O)O)C2)C1. The summed E-state index contributed by atoms with van der Waals surface area (Å²) in [4.78, 5) is 13.6. The second-order valence-corrected chi connectivity index (χ2v) is 5.76. The molecule has 1 heterocycles. The maximum absolute atomic E-state index is 11.2. The Bertz CT molecular complexity index is 294. The molecule has 4 nitrogen and oxygen atoms in total. The summed E-state index contributed by atoms with van der Waals surface area (Å²) < 4.78 is 5.44. The van der Waals surface area contributed by atoms with Crippen LogP contribution in [0, 0.1) is 5.41 Å². The van der Waals surface area contributed by atoms with Gasteiger partial charge in [-0.3, -0.25) is 9.69 Å². The Kier molecular flexibility index (Phi) is 3.73. The standard InChI is InChI=1S/C13H23NO3/c1-13(12(15)16)6-7-14(9-13)10-4-3-5-11(8-10)17-2/h10-11H,3-9H2,1-2H3,(H,15,16). The summed E-state index contributed by atoms with van der Waals surface area (Å²) in [5.74, 6) is -0.654. The van der Waals surface area contributed by atoms with E-state index >= 15 is 0 Å².